The molecule has 2 heterocycles. The second-order valence-electron chi connectivity index (χ2n) is 3.88. The van der Waals surface area contributed by atoms with Crippen LogP contribution in [0.5, 0.6) is 0 Å². The average Bonchev–Trinajstić information content (AvgIpc) is 3.11. The quantitative estimate of drug-likeness (QED) is 0.768. The van der Waals surface area contributed by atoms with E-state index >= 15 is 0 Å². The summed E-state index contributed by atoms with van der Waals surface area (Å²) >= 11 is 1.36. The number of nitrogens with zero attached hydrogens (tertiary/aromatic N) is 5. The van der Waals surface area contributed by atoms with E-state index in [0.29, 0.717) is 0 Å². The fraction of sp³-hybridized carbons (Fsp3) is 0.167. The molecule has 3 aromatic rings. The molecule has 1 aromatic carbocycles. The molecule has 0 bridgehead atoms. The molecular weight excluding hydrogens is 260 g/mol. The molecule has 0 saturated heterocycles. The first-order valence-corrected chi connectivity index (χ1v) is 6.66. The minimum Gasteiger partial charge on any atom is -0.358 e. The SMILES string of the molecule is c1ccc(-c2nsc(NCCn3ccnn3)n2)cc1. The summed E-state index contributed by atoms with van der Waals surface area (Å²) in [5.74, 6) is 0.758. The van der Waals surface area contributed by atoms with Gasteiger partial charge >= 0.3 is 0 Å². The van der Waals surface area contributed by atoms with Gasteiger partial charge in [0, 0.05) is 29.8 Å². The average molecular weight is 272 g/mol. The Kier molecular flexibility index (Phi) is 3.46. The summed E-state index contributed by atoms with van der Waals surface area (Å²) < 4.78 is 6.11. The van der Waals surface area contributed by atoms with Gasteiger partial charge in [0.15, 0.2) is 5.82 Å². The maximum atomic E-state index is 4.45. The lowest BCUT2D eigenvalue weighted by atomic mass is 10.2. The maximum Gasteiger partial charge on any atom is 0.202 e. The molecule has 0 aliphatic rings. The van der Waals surface area contributed by atoms with Crippen molar-refractivity contribution in [1.29, 1.82) is 0 Å². The van der Waals surface area contributed by atoms with Crippen LogP contribution in [0.2, 0.25) is 0 Å². The lowest BCUT2D eigenvalue weighted by Crippen LogP contribution is -2.10. The molecular formula is C12H12N6S. The van der Waals surface area contributed by atoms with Gasteiger partial charge in [-0.05, 0) is 0 Å². The molecule has 2 aromatic heterocycles. The Morgan fingerprint density at radius 1 is 1.21 bits per heavy atom. The summed E-state index contributed by atoms with van der Waals surface area (Å²) in [4.78, 5) is 4.45. The summed E-state index contributed by atoms with van der Waals surface area (Å²) in [6, 6.07) is 9.94. The van der Waals surface area contributed by atoms with E-state index < -0.39 is 0 Å². The number of hydrogen-bond donors (Lipinski definition) is 1. The van der Waals surface area contributed by atoms with Crippen molar-refractivity contribution in [2.75, 3.05) is 11.9 Å². The minimum absolute atomic E-state index is 0.743. The van der Waals surface area contributed by atoms with Crippen LogP contribution in [0.15, 0.2) is 42.7 Å². The van der Waals surface area contributed by atoms with Gasteiger partial charge in [-0.15, -0.1) is 5.10 Å². The van der Waals surface area contributed by atoms with E-state index in [2.05, 4.69) is 25.0 Å². The molecule has 0 aliphatic heterocycles. The summed E-state index contributed by atoms with van der Waals surface area (Å²) in [6.07, 6.45) is 3.50. The molecule has 0 amide bonds. The zero-order valence-corrected chi connectivity index (χ0v) is 10.9. The fourth-order valence-electron chi connectivity index (χ4n) is 1.63. The highest BCUT2D eigenvalue weighted by Gasteiger charge is 2.05. The van der Waals surface area contributed by atoms with E-state index in [1.54, 1.807) is 10.9 Å². The molecule has 0 aliphatic carbocycles. The Balaban J connectivity index is 1.59. The fourth-order valence-corrected chi connectivity index (χ4v) is 2.24. The van der Waals surface area contributed by atoms with Crippen molar-refractivity contribution < 1.29 is 0 Å². The van der Waals surface area contributed by atoms with E-state index in [9.17, 15) is 0 Å². The third kappa shape index (κ3) is 2.94. The summed E-state index contributed by atoms with van der Waals surface area (Å²) in [5.41, 5.74) is 1.03. The third-order valence-electron chi connectivity index (χ3n) is 2.55. The van der Waals surface area contributed by atoms with E-state index in [-0.39, 0.29) is 0 Å². The number of rotatable bonds is 5. The van der Waals surface area contributed by atoms with Crippen molar-refractivity contribution in [2.24, 2.45) is 0 Å². The molecule has 96 valence electrons. The Hall–Kier alpha value is -2.28. The highest BCUT2D eigenvalue weighted by atomic mass is 32.1. The molecule has 0 radical (unpaired) electrons. The highest BCUT2D eigenvalue weighted by Crippen LogP contribution is 2.20. The molecule has 0 spiro atoms. The molecule has 7 heteroatoms. The Morgan fingerprint density at radius 3 is 2.89 bits per heavy atom. The van der Waals surface area contributed by atoms with Crippen LogP contribution in [0.1, 0.15) is 0 Å². The Bertz CT molecular complexity index is 619. The van der Waals surface area contributed by atoms with E-state index in [0.717, 1.165) is 29.6 Å². The van der Waals surface area contributed by atoms with E-state index in [1.807, 2.05) is 36.5 Å². The first-order valence-electron chi connectivity index (χ1n) is 5.89. The van der Waals surface area contributed by atoms with Crippen LogP contribution in [0.4, 0.5) is 5.13 Å². The third-order valence-corrected chi connectivity index (χ3v) is 3.22. The van der Waals surface area contributed by atoms with Gasteiger partial charge in [0.2, 0.25) is 5.13 Å². The number of anilines is 1. The first-order chi connectivity index (χ1) is 9.42. The van der Waals surface area contributed by atoms with Crippen LogP contribution >= 0.6 is 11.5 Å². The van der Waals surface area contributed by atoms with Gasteiger partial charge in [-0.25, -0.2) is 0 Å². The molecule has 6 nitrogen and oxygen atoms in total. The van der Waals surface area contributed by atoms with Crippen LogP contribution in [0.3, 0.4) is 0 Å². The summed E-state index contributed by atoms with van der Waals surface area (Å²) in [6.45, 7) is 1.49. The summed E-state index contributed by atoms with van der Waals surface area (Å²) in [5, 5.41) is 11.7. The van der Waals surface area contributed by atoms with Crippen LogP contribution in [0, 0.1) is 0 Å². The van der Waals surface area contributed by atoms with Crippen molar-refractivity contribution in [2.45, 2.75) is 6.54 Å². The predicted octanol–water partition coefficient (Wildman–Crippen LogP) is 1.91. The zero-order chi connectivity index (χ0) is 12.9. The number of nitrogens with one attached hydrogen (secondary N) is 1. The van der Waals surface area contributed by atoms with Crippen molar-refractivity contribution in [1.82, 2.24) is 24.4 Å². The topological polar surface area (TPSA) is 68.5 Å². The predicted molar refractivity (Wildman–Crippen MR) is 73.9 cm³/mol. The lowest BCUT2D eigenvalue weighted by molar-refractivity contribution is 0.609. The molecule has 19 heavy (non-hydrogen) atoms. The van der Waals surface area contributed by atoms with Crippen LogP contribution in [0.25, 0.3) is 11.4 Å². The first kappa shape index (κ1) is 11.8. The van der Waals surface area contributed by atoms with Gasteiger partial charge in [-0.1, -0.05) is 35.5 Å². The molecule has 0 unspecified atom stereocenters. The Labute approximate surface area is 114 Å². The number of hydrogen-bond acceptors (Lipinski definition) is 6. The molecule has 3 rings (SSSR count). The van der Waals surface area contributed by atoms with Gasteiger partial charge in [0.25, 0.3) is 0 Å². The number of aromatic nitrogens is 5. The van der Waals surface area contributed by atoms with Gasteiger partial charge in [-0.2, -0.15) is 9.36 Å². The number of benzene rings is 1. The van der Waals surface area contributed by atoms with Crippen molar-refractivity contribution in [3.63, 3.8) is 0 Å². The van der Waals surface area contributed by atoms with Gasteiger partial charge in [0.1, 0.15) is 0 Å². The standard InChI is InChI=1S/C12H12N6S/c1-2-4-10(5-3-1)11-15-12(19-16-11)13-6-8-18-9-7-14-17-18/h1-5,7,9H,6,8H2,(H,13,15,16). The Morgan fingerprint density at radius 2 is 2.11 bits per heavy atom. The normalized spacial score (nSPS) is 10.5. The summed E-state index contributed by atoms with van der Waals surface area (Å²) in [7, 11) is 0. The minimum atomic E-state index is 0.743. The van der Waals surface area contributed by atoms with Crippen LogP contribution < -0.4 is 5.32 Å². The monoisotopic (exact) mass is 272 g/mol. The molecule has 0 fully saturated rings. The van der Waals surface area contributed by atoms with E-state index in [1.165, 1.54) is 11.5 Å². The molecule has 0 atom stereocenters. The highest BCUT2D eigenvalue weighted by molar-refractivity contribution is 7.09. The molecule has 0 saturated carbocycles. The van der Waals surface area contributed by atoms with Crippen LogP contribution in [-0.2, 0) is 6.54 Å². The second-order valence-corrected chi connectivity index (χ2v) is 4.63. The van der Waals surface area contributed by atoms with Gasteiger partial charge in [-0.3, -0.25) is 4.68 Å². The van der Waals surface area contributed by atoms with Gasteiger partial charge in [0.05, 0.1) is 12.7 Å². The van der Waals surface area contributed by atoms with Crippen molar-refractivity contribution >= 4 is 16.7 Å². The smallest absolute Gasteiger partial charge is 0.202 e. The van der Waals surface area contributed by atoms with Crippen molar-refractivity contribution in [3.8, 4) is 11.4 Å². The largest absolute Gasteiger partial charge is 0.358 e. The maximum absolute atomic E-state index is 4.45. The van der Waals surface area contributed by atoms with E-state index in [4.69, 9.17) is 0 Å². The second kappa shape index (κ2) is 5.57. The van der Waals surface area contributed by atoms with Gasteiger partial charge < -0.3 is 5.32 Å². The zero-order valence-electron chi connectivity index (χ0n) is 10.1. The van der Waals surface area contributed by atoms with Crippen LogP contribution in [-0.4, -0.2) is 30.9 Å². The lowest BCUT2D eigenvalue weighted by Gasteiger charge is -2.00. The van der Waals surface area contributed by atoms with Crippen molar-refractivity contribution in [3.05, 3.63) is 42.7 Å². The molecule has 1 N–H and O–H groups in total.